The van der Waals surface area contributed by atoms with E-state index in [0.29, 0.717) is 0 Å². The number of nitrogens with zero attached hydrogens (tertiary/aromatic N) is 4. The van der Waals surface area contributed by atoms with Crippen LogP contribution in [0, 0.1) is 5.82 Å². The number of ether oxygens (including phenoxy) is 1. The van der Waals surface area contributed by atoms with Gasteiger partial charge < -0.3 is 25.2 Å². The molecule has 1 aromatic heterocycles. The molecule has 16 heteroatoms. The van der Waals surface area contributed by atoms with Crippen molar-refractivity contribution < 1.29 is 32.3 Å². The number of fused-ring (bicyclic) bond motifs is 1. The molecule has 1 saturated heterocycles. The highest BCUT2D eigenvalue weighted by molar-refractivity contribution is 6.33. The van der Waals surface area contributed by atoms with Crippen molar-refractivity contribution in [3.05, 3.63) is 79.8 Å². The molecule has 48 heavy (non-hydrogen) atoms. The van der Waals surface area contributed by atoms with Gasteiger partial charge in [0.2, 0.25) is 11.8 Å². The number of aromatic nitrogens is 2. The van der Waals surface area contributed by atoms with Crippen LogP contribution in [0.15, 0.2) is 52.2 Å². The van der Waals surface area contributed by atoms with Gasteiger partial charge >= 0.3 is 11.7 Å². The number of alkyl halides is 2. The van der Waals surface area contributed by atoms with E-state index < -0.39 is 60.1 Å². The van der Waals surface area contributed by atoms with Gasteiger partial charge in [0, 0.05) is 49.9 Å². The van der Waals surface area contributed by atoms with Gasteiger partial charge in [-0.2, -0.15) is 8.78 Å². The lowest BCUT2D eigenvalue weighted by molar-refractivity contribution is -0.133. The smallest absolute Gasteiger partial charge is 0.331 e. The highest BCUT2D eigenvalue weighted by Gasteiger charge is 2.44. The van der Waals surface area contributed by atoms with Crippen molar-refractivity contribution in [3.63, 3.8) is 0 Å². The highest BCUT2D eigenvalue weighted by atomic mass is 35.5. The van der Waals surface area contributed by atoms with Gasteiger partial charge in [-0.05, 0) is 44.0 Å². The van der Waals surface area contributed by atoms with E-state index in [1.54, 1.807) is 0 Å². The molecule has 0 spiro atoms. The van der Waals surface area contributed by atoms with Crippen molar-refractivity contribution >= 4 is 35.1 Å². The van der Waals surface area contributed by atoms with Crippen LogP contribution in [-0.4, -0.2) is 76.1 Å². The van der Waals surface area contributed by atoms with E-state index in [1.807, 2.05) is 0 Å². The van der Waals surface area contributed by atoms with Crippen LogP contribution < -0.4 is 26.6 Å². The fraction of sp³-hybridized carbons (Fsp3) is 0.406. The first kappa shape index (κ1) is 34.5. The summed E-state index contributed by atoms with van der Waals surface area (Å²) in [5, 5.41) is 4.76. The summed E-state index contributed by atoms with van der Waals surface area (Å²) in [6.45, 7) is 1.58. The molecule has 1 fully saturated rings. The molecular weight excluding hydrogens is 657 g/mol. The fourth-order valence-electron chi connectivity index (χ4n) is 5.99. The summed E-state index contributed by atoms with van der Waals surface area (Å²) in [6, 6.07) is 5.77. The number of anilines is 1. The molecule has 3 heterocycles. The molecule has 5 rings (SSSR count). The zero-order valence-electron chi connectivity index (χ0n) is 26.4. The van der Waals surface area contributed by atoms with E-state index in [2.05, 4.69) is 10.6 Å². The van der Waals surface area contributed by atoms with E-state index in [-0.39, 0.29) is 71.5 Å². The predicted molar refractivity (Wildman–Crippen MR) is 171 cm³/mol. The van der Waals surface area contributed by atoms with Crippen molar-refractivity contribution in [3.8, 4) is 16.9 Å². The third-order valence-electron chi connectivity index (χ3n) is 8.57. The molecule has 4 amide bonds. The lowest BCUT2D eigenvalue weighted by Crippen LogP contribution is -2.52. The van der Waals surface area contributed by atoms with Crippen molar-refractivity contribution in [2.75, 3.05) is 38.6 Å². The molecule has 2 aliphatic heterocycles. The van der Waals surface area contributed by atoms with Crippen LogP contribution in [0.2, 0.25) is 5.02 Å². The molecule has 0 radical (unpaired) electrons. The Balaban J connectivity index is 1.36. The van der Waals surface area contributed by atoms with Crippen molar-refractivity contribution in [1.82, 2.24) is 24.3 Å². The van der Waals surface area contributed by atoms with E-state index in [0.717, 1.165) is 26.3 Å². The summed E-state index contributed by atoms with van der Waals surface area (Å²) in [5.41, 5.74) is -2.12. The minimum Gasteiger partial charge on any atom is -0.497 e. The first-order chi connectivity index (χ1) is 22.7. The molecule has 0 unspecified atom stereocenters. The molecule has 1 atom stereocenters. The molecule has 3 aromatic rings. The van der Waals surface area contributed by atoms with Crippen LogP contribution >= 0.6 is 11.6 Å². The van der Waals surface area contributed by atoms with Gasteiger partial charge in [-0.1, -0.05) is 23.7 Å². The van der Waals surface area contributed by atoms with Gasteiger partial charge in [0.15, 0.2) is 0 Å². The second-order valence-electron chi connectivity index (χ2n) is 11.8. The first-order valence-corrected chi connectivity index (χ1v) is 15.6. The predicted octanol–water partition coefficient (Wildman–Crippen LogP) is 3.81. The van der Waals surface area contributed by atoms with Crippen LogP contribution in [0.5, 0.6) is 5.75 Å². The summed E-state index contributed by atoms with van der Waals surface area (Å²) in [5.74, 6) is -4.83. The maximum atomic E-state index is 15.4. The molecule has 0 aliphatic carbocycles. The van der Waals surface area contributed by atoms with Gasteiger partial charge in [0.25, 0.3) is 11.5 Å². The lowest BCUT2D eigenvalue weighted by atomic mass is 10.0. The Morgan fingerprint density at radius 1 is 1.12 bits per heavy atom. The Kier molecular flexibility index (Phi) is 9.89. The second kappa shape index (κ2) is 13.7. The maximum absolute atomic E-state index is 15.4. The Morgan fingerprint density at radius 3 is 2.50 bits per heavy atom. The zero-order valence-corrected chi connectivity index (χ0v) is 27.2. The van der Waals surface area contributed by atoms with Crippen LogP contribution in [0.25, 0.3) is 11.1 Å². The summed E-state index contributed by atoms with van der Waals surface area (Å²) in [4.78, 5) is 67.7. The minimum atomic E-state index is -3.38. The quantitative estimate of drug-likeness (QED) is 0.369. The van der Waals surface area contributed by atoms with Gasteiger partial charge in [-0.3, -0.25) is 23.5 Å². The number of likely N-dealkylation sites (tertiary alicyclic amines) is 1. The number of rotatable bonds is 8. The maximum Gasteiger partial charge on any atom is 0.331 e. The number of carbonyl (C=O) groups excluding carboxylic acids is 3. The molecule has 2 N–H and O–H groups in total. The van der Waals surface area contributed by atoms with E-state index in [4.69, 9.17) is 16.3 Å². The molecule has 2 aliphatic rings. The van der Waals surface area contributed by atoms with Gasteiger partial charge in [-0.15, -0.1) is 0 Å². The molecule has 12 nitrogen and oxygen atoms in total. The SMILES string of the molecule is COc1ccc2c(c1)C(F)(F)CN(C1CCN(C(=O)Cn3cc(-c4cccc(F)c4Cl)c(=O)n([C@@H](C)CNC(C)=O)c3=O)CC1)C(=O)N2. The van der Waals surface area contributed by atoms with Crippen LogP contribution in [0.3, 0.4) is 0 Å². The number of urea groups is 1. The lowest BCUT2D eigenvalue weighted by Gasteiger charge is -2.38. The Hall–Kier alpha value is -4.79. The number of carbonyl (C=O) groups is 3. The number of benzene rings is 2. The van der Waals surface area contributed by atoms with Crippen LogP contribution in [0.4, 0.5) is 23.7 Å². The number of piperidine rings is 1. The third-order valence-corrected chi connectivity index (χ3v) is 8.95. The van der Waals surface area contributed by atoms with Crippen molar-refractivity contribution in [2.24, 2.45) is 0 Å². The molecule has 0 bridgehead atoms. The number of methoxy groups -OCH3 is 1. The number of hydrogen-bond donors (Lipinski definition) is 2. The molecule has 256 valence electrons. The number of hydrogen-bond acceptors (Lipinski definition) is 6. The van der Waals surface area contributed by atoms with E-state index in [1.165, 1.54) is 56.2 Å². The van der Waals surface area contributed by atoms with Crippen LogP contribution in [0.1, 0.15) is 38.3 Å². The average Bonchev–Trinajstić information content (AvgIpc) is 3.15. The van der Waals surface area contributed by atoms with Crippen molar-refractivity contribution in [2.45, 2.75) is 51.2 Å². The Labute approximate surface area is 278 Å². The monoisotopic (exact) mass is 690 g/mol. The largest absolute Gasteiger partial charge is 0.497 e. The normalized spacial score (nSPS) is 16.9. The zero-order chi connectivity index (χ0) is 34.9. The molecule has 0 saturated carbocycles. The Bertz CT molecular complexity index is 1870. The topological polar surface area (TPSA) is 135 Å². The summed E-state index contributed by atoms with van der Waals surface area (Å²) >= 11 is 6.18. The summed E-state index contributed by atoms with van der Waals surface area (Å²) in [6.07, 6.45) is 1.54. The first-order valence-electron chi connectivity index (χ1n) is 15.2. The van der Waals surface area contributed by atoms with E-state index in [9.17, 15) is 28.4 Å². The number of nitrogens with one attached hydrogen (secondary N) is 2. The van der Waals surface area contributed by atoms with Crippen molar-refractivity contribution in [1.29, 1.82) is 0 Å². The fourth-order valence-corrected chi connectivity index (χ4v) is 6.22. The second-order valence-corrected chi connectivity index (χ2v) is 12.2. The standard InChI is InChI=1S/C32H34ClF3N6O6/c1-18(14-37-19(2)43)42-29(45)23(22-5-4-6-25(34)28(22)33)15-40(31(42)47)16-27(44)39-11-9-20(10-12-39)41-17-32(35,36)24-13-21(48-3)7-8-26(24)38-30(41)46/h4-8,13,15,18,20H,9-12,14,16-17H2,1-3H3,(H,37,43)(H,38,46)/t18-/m0/s1. The minimum absolute atomic E-state index is 0.0114. The molecular formula is C32H34ClF3N6O6. The number of halogens is 4. The highest BCUT2D eigenvalue weighted by Crippen LogP contribution is 2.40. The van der Waals surface area contributed by atoms with Gasteiger partial charge in [-0.25, -0.2) is 14.0 Å². The van der Waals surface area contributed by atoms with Gasteiger partial charge in [0.05, 0.1) is 36.0 Å². The Morgan fingerprint density at radius 2 is 1.83 bits per heavy atom. The molecule has 2 aromatic carbocycles. The van der Waals surface area contributed by atoms with Gasteiger partial charge in [0.1, 0.15) is 18.1 Å². The average molecular weight is 691 g/mol. The van der Waals surface area contributed by atoms with E-state index >= 15 is 8.78 Å². The summed E-state index contributed by atoms with van der Waals surface area (Å²) in [7, 11) is 1.36. The number of amides is 4. The third kappa shape index (κ3) is 6.91. The summed E-state index contributed by atoms with van der Waals surface area (Å²) < 4.78 is 52.1. The van der Waals surface area contributed by atoms with Crippen LogP contribution in [-0.2, 0) is 22.1 Å².